The predicted molar refractivity (Wildman–Crippen MR) is 125 cm³/mol. The lowest BCUT2D eigenvalue weighted by Gasteiger charge is -2.14. The van der Waals surface area contributed by atoms with Crippen LogP contribution in [0.3, 0.4) is 0 Å². The molecule has 2 amide bonds. The Labute approximate surface area is 194 Å². The van der Waals surface area contributed by atoms with Gasteiger partial charge in [-0.25, -0.2) is 14.6 Å². The molecule has 0 unspecified atom stereocenters. The third-order valence-corrected chi connectivity index (χ3v) is 6.64. The number of hydrogen-bond acceptors (Lipinski definition) is 6. The van der Waals surface area contributed by atoms with Gasteiger partial charge in [-0.1, -0.05) is 66.8 Å². The first kappa shape index (κ1) is 22.5. The van der Waals surface area contributed by atoms with Gasteiger partial charge in [0.25, 0.3) is 5.91 Å². The zero-order valence-corrected chi connectivity index (χ0v) is 18.9. The number of thiazole rings is 1. The molecule has 1 atom stereocenters. The maximum absolute atomic E-state index is 12.5. The lowest BCUT2D eigenvalue weighted by Crippen LogP contribution is -2.40. The fraction of sp³-hybridized carbons (Fsp3) is 0.250. The van der Waals surface area contributed by atoms with E-state index in [4.69, 9.17) is 9.84 Å². The average molecular weight is 466 g/mol. The van der Waals surface area contributed by atoms with Crippen LogP contribution in [0.15, 0.2) is 48.5 Å². The van der Waals surface area contributed by atoms with E-state index in [0.717, 1.165) is 33.6 Å². The molecule has 0 bridgehead atoms. The minimum Gasteiger partial charge on any atom is -0.480 e. The quantitative estimate of drug-likeness (QED) is 0.476. The predicted octanol–water partition coefficient (Wildman–Crippen LogP) is 4.41. The summed E-state index contributed by atoms with van der Waals surface area (Å²) in [7, 11) is 0. The normalized spacial score (nSPS) is 13.0. The molecule has 2 aromatic carbocycles. The molecule has 1 aliphatic carbocycles. The van der Waals surface area contributed by atoms with Crippen LogP contribution in [-0.4, -0.2) is 40.7 Å². The molecule has 4 rings (SSSR count). The van der Waals surface area contributed by atoms with Crippen molar-refractivity contribution in [3.8, 4) is 11.1 Å². The monoisotopic (exact) mass is 465 g/mol. The molecule has 170 valence electrons. The van der Waals surface area contributed by atoms with Crippen LogP contribution in [0, 0.1) is 6.92 Å². The molecule has 3 aromatic rings. The minimum atomic E-state index is -1.11. The van der Waals surface area contributed by atoms with Crippen molar-refractivity contribution in [1.29, 1.82) is 0 Å². The van der Waals surface area contributed by atoms with Crippen LogP contribution in [0.1, 0.15) is 45.8 Å². The van der Waals surface area contributed by atoms with Crippen molar-refractivity contribution >= 4 is 34.4 Å². The number of aliphatic carboxylic acids is 1. The van der Waals surface area contributed by atoms with Crippen molar-refractivity contribution in [3.05, 3.63) is 70.2 Å². The van der Waals surface area contributed by atoms with Crippen molar-refractivity contribution < 1.29 is 24.2 Å². The standard InChI is InChI=1S/C24H23N3O5S/c1-3-19(22(29)30)26-21(28)20-13(2)25-23(33-20)27-24(31)32-12-18-16-10-6-4-8-14(16)15-9-5-7-11-17(15)18/h4-11,18-19H,3,12H2,1-2H3,(H,26,28)(H,29,30)(H,25,27,31)/t19-/m0/s1. The molecule has 1 aromatic heterocycles. The molecule has 1 aliphatic rings. The first-order valence-corrected chi connectivity index (χ1v) is 11.3. The van der Waals surface area contributed by atoms with Gasteiger partial charge in [0.05, 0.1) is 5.69 Å². The molecule has 1 heterocycles. The Morgan fingerprint density at radius 2 is 1.70 bits per heavy atom. The lowest BCUT2D eigenvalue weighted by atomic mass is 9.98. The highest BCUT2D eigenvalue weighted by Gasteiger charge is 2.29. The van der Waals surface area contributed by atoms with Gasteiger partial charge < -0.3 is 15.2 Å². The van der Waals surface area contributed by atoms with E-state index < -0.39 is 24.0 Å². The van der Waals surface area contributed by atoms with E-state index in [-0.39, 0.29) is 29.0 Å². The van der Waals surface area contributed by atoms with Gasteiger partial charge in [-0.05, 0) is 35.6 Å². The summed E-state index contributed by atoms with van der Waals surface area (Å²) < 4.78 is 5.50. The van der Waals surface area contributed by atoms with Crippen LogP contribution in [0.25, 0.3) is 11.1 Å². The Kier molecular flexibility index (Phi) is 6.41. The largest absolute Gasteiger partial charge is 0.480 e. The molecule has 3 N–H and O–H groups in total. The van der Waals surface area contributed by atoms with Crippen molar-refractivity contribution in [3.63, 3.8) is 0 Å². The maximum atomic E-state index is 12.5. The molecular formula is C24H23N3O5S. The number of anilines is 1. The molecule has 0 aliphatic heterocycles. The summed E-state index contributed by atoms with van der Waals surface area (Å²) in [5, 5.41) is 14.4. The topological polar surface area (TPSA) is 118 Å². The van der Waals surface area contributed by atoms with Gasteiger partial charge in [0.15, 0.2) is 5.13 Å². The van der Waals surface area contributed by atoms with Gasteiger partial charge in [0.1, 0.15) is 17.5 Å². The van der Waals surface area contributed by atoms with Crippen LogP contribution in [0.5, 0.6) is 0 Å². The highest BCUT2D eigenvalue weighted by atomic mass is 32.1. The molecule has 33 heavy (non-hydrogen) atoms. The summed E-state index contributed by atoms with van der Waals surface area (Å²) in [4.78, 5) is 40.5. The summed E-state index contributed by atoms with van der Waals surface area (Å²) in [6.45, 7) is 3.45. The molecule has 0 saturated carbocycles. The number of nitrogens with one attached hydrogen (secondary N) is 2. The van der Waals surface area contributed by atoms with E-state index in [1.807, 2.05) is 36.4 Å². The van der Waals surface area contributed by atoms with Crippen LogP contribution in [-0.2, 0) is 9.53 Å². The summed E-state index contributed by atoms with van der Waals surface area (Å²) in [6, 6.07) is 15.1. The van der Waals surface area contributed by atoms with E-state index in [0.29, 0.717) is 5.69 Å². The number of nitrogens with zero attached hydrogens (tertiary/aromatic N) is 1. The van der Waals surface area contributed by atoms with Gasteiger partial charge in [-0.2, -0.15) is 0 Å². The second kappa shape index (κ2) is 9.41. The van der Waals surface area contributed by atoms with Gasteiger partial charge in [-0.15, -0.1) is 0 Å². The molecule has 8 nitrogen and oxygen atoms in total. The molecule has 0 radical (unpaired) electrons. The van der Waals surface area contributed by atoms with E-state index in [1.54, 1.807) is 13.8 Å². The van der Waals surface area contributed by atoms with E-state index in [1.165, 1.54) is 0 Å². The van der Waals surface area contributed by atoms with Gasteiger partial charge in [0, 0.05) is 5.92 Å². The van der Waals surface area contributed by atoms with Crippen LogP contribution in [0.2, 0.25) is 0 Å². The zero-order chi connectivity index (χ0) is 23.5. The number of aromatic nitrogens is 1. The number of fused-ring (bicyclic) bond motifs is 3. The van der Waals surface area contributed by atoms with Crippen LogP contribution < -0.4 is 10.6 Å². The van der Waals surface area contributed by atoms with Gasteiger partial charge in [-0.3, -0.25) is 10.1 Å². The Morgan fingerprint density at radius 3 is 2.27 bits per heavy atom. The fourth-order valence-corrected chi connectivity index (χ4v) is 4.80. The third-order valence-electron chi connectivity index (χ3n) is 5.57. The van der Waals surface area contributed by atoms with Crippen LogP contribution in [0.4, 0.5) is 9.93 Å². The van der Waals surface area contributed by atoms with E-state index >= 15 is 0 Å². The number of carboxylic acids is 1. The molecule has 0 spiro atoms. The van der Waals surface area contributed by atoms with Crippen molar-refractivity contribution in [2.24, 2.45) is 0 Å². The maximum Gasteiger partial charge on any atom is 0.413 e. The van der Waals surface area contributed by atoms with Crippen molar-refractivity contribution in [2.75, 3.05) is 11.9 Å². The summed E-state index contributed by atoms with van der Waals surface area (Å²) in [5.74, 6) is -1.71. The summed E-state index contributed by atoms with van der Waals surface area (Å²) in [6.07, 6.45) is -0.418. The Hall–Kier alpha value is -3.72. The Morgan fingerprint density at radius 1 is 1.09 bits per heavy atom. The highest BCUT2D eigenvalue weighted by Crippen LogP contribution is 2.44. The van der Waals surface area contributed by atoms with Crippen molar-refractivity contribution in [2.45, 2.75) is 32.2 Å². The zero-order valence-electron chi connectivity index (χ0n) is 18.1. The van der Waals surface area contributed by atoms with Crippen LogP contribution >= 0.6 is 11.3 Å². The summed E-state index contributed by atoms with van der Waals surface area (Å²) >= 11 is 0.967. The second-order valence-corrected chi connectivity index (χ2v) is 8.66. The minimum absolute atomic E-state index is 0.0653. The highest BCUT2D eigenvalue weighted by molar-refractivity contribution is 7.17. The number of ether oxygens (including phenoxy) is 1. The number of carbonyl (C=O) groups excluding carboxylic acids is 2. The lowest BCUT2D eigenvalue weighted by molar-refractivity contribution is -0.139. The summed E-state index contributed by atoms with van der Waals surface area (Å²) in [5.41, 5.74) is 4.89. The third kappa shape index (κ3) is 4.58. The number of benzene rings is 2. The smallest absolute Gasteiger partial charge is 0.413 e. The van der Waals surface area contributed by atoms with Gasteiger partial charge >= 0.3 is 12.1 Å². The van der Waals surface area contributed by atoms with E-state index in [2.05, 4.69) is 27.8 Å². The molecule has 9 heteroatoms. The number of carboxylic acid groups (broad SMARTS) is 1. The molecule has 0 fully saturated rings. The fourth-order valence-electron chi connectivity index (χ4n) is 3.94. The average Bonchev–Trinajstić information content (AvgIpc) is 3.33. The number of amides is 2. The number of rotatable bonds is 7. The van der Waals surface area contributed by atoms with E-state index in [9.17, 15) is 14.4 Å². The Bertz CT molecular complexity index is 1180. The molecule has 0 saturated heterocycles. The van der Waals surface area contributed by atoms with Crippen molar-refractivity contribution in [1.82, 2.24) is 10.3 Å². The number of hydrogen-bond donors (Lipinski definition) is 3. The number of aryl methyl sites for hydroxylation is 1. The SMILES string of the molecule is CC[C@H](NC(=O)c1sc(NC(=O)OCC2c3ccccc3-c3ccccc32)nc1C)C(=O)O. The molecular weight excluding hydrogens is 442 g/mol. The van der Waals surface area contributed by atoms with Gasteiger partial charge in [0.2, 0.25) is 0 Å². The first-order chi connectivity index (χ1) is 15.9. The Balaban J connectivity index is 1.41. The number of carbonyl (C=O) groups is 3. The first-order valence-electron chi connectivity index (χ1n) is 10.5. The second-order valence-electron chi connectivity index (χ2n) is 7.66.